The summed E-state index contributed by atoms with van der Waals surface area (Å²) < 4.78 is 21.4. The van der Waals surface area contributed by atoms with Gasteiger partial charge in [0.1, 0.15) is 0 Å². The van der Waals surface area contributed by atoms with E-state index < -0.39 is 26.7 Å². The molecule has 0 spiro atoms. The molecule has 0 aromatic heterocycles. The molecule has 0 fully saturated rings. The molecule has 0 aliphatic carbocycles. The van der Waals surface area contributed by atoms with Crippen molar-refractivity contribution in [2.24, 2.45) is 5.73 Å². The molecule has 0 unspecified atom stereocenters. The van der Waals surface area contributed by atoms with Crippen LogP contribution in [0.2, 0.25) is 0 Å². The average Bonchev–Trinajstić information content (AvgIpc) is 1.95. The molecule has 15 heteroatoms. The Kier molecular flexibility index (Phi) is 27.0. The van der Waals surface area contributed by atoms with Crippen molar-refractivity contribution in [3.8, 4) is 0 Å². The van der Waals surface area contributed by atoms with Crippen LogP contribution in [0.3, 0.4) is 0 Å². The number of hydrogen-bond acceptors (Lipinski definition) is 4. The van der Waals surface area contributed by atoms with Crippen LogP contribution in [0.1, 0.15) is 12.8 Å². The van der Waals surface area contributed by atoms with Crippen LogP contribution < -0.4 is 5.73 Å². The van der Waals surface area contributed by atoms with Crippen molar-refractivity contribution >= 4 is 74.3 Å². The third kappa shape index (κ3) is 10.5. The molecule has 0 saturated carbocycles. The second-order valence-corrected chi connectivity index (χ2v) is 6.76. The fourth-order valence-electron chi connectivity index (χ4n) is 0.800. The zero-order valence-corrected chi connectivity index (χ0v) is 10.4. The van der Waals surface area contributed by atoms with Crippen LogP contribution in [0.25, 0.3) is 0 Å². The van der Waals surface area contributed by atoms with E-state index in [-0.39, 0.29) is 88.5 Å². The normalized spacial score (nSPS) is 10.6. The molecule has 19 heavy (non-hydrogen) atoms. The summed E-state index contributed by atoms with van der Waals surface area (Å²) in [6.07, 6.45) is -0.856. The van der Waals surface area contributed by atoms with Gasteiger partial charge in [-0.3, -0.25) is 9.13 Å². The summed E-state index contributed by atoms with van der Waals surface area (Å²) in [7, 11) is -10.6. The van der Waals surface area contributed by atoms with Gasteiger partial charge in [-0.2, -0.15) is 0 Å². The first kappa shape index (κ1) is 37.4. The molecular formula is C4H21NNa2O10P2. The van der Waals surface area contributed by atoms with E-state index in [1.165, 1.54) is 0 Å². The topological polar surface area (TPSA) is 256 Å². The Morgan fingerprint density at radius 2 is 1.16 bits per heavy atom. The van der Waals surface area contributed by atoms with Crippen molar-refractivity contribution < 1.29 is 50.2 Å². The average molecular weight is 351 g/mol. The molecule has 0 bridgehead atoms. The molecule has 13 N–H and O–H groups in total. The first-order valence-corrected chi connectivity index (χ1v) is 6.82. The molecule has 0 heterocycles. The summed E-state index contributed by atoms with van der Waals surface area (Å²) in [6, 6.07) is 0. The van der Waals surface area contributed by atoms with Gasteiger partial charge in [-0.05, 0) is 13.0 Å². The summed E-state index contributed by atoms with van der Waals surface area (Å²) in [4.78, 5) is 34.5. The fraction of sp³-hybridized carbons (Fsp3) is 1.00. The van der Waals surface area contributed by atoms with Crippen molar-refractivity contribution in [3.63, 3.8) is 0 Å². The van der Waals surface area contributed by atoms with Crippen LogP contribution in [-0.2, 0) is 9.13 Å². The van der Waals surface area contributed by atoms with E-state index in [0.29, 0.717) is 0 Å². The second kappa shape index (κ2) is 13.7. The van der Waals surface area contributed by atoms with Crippen molar-refractivity contribution in [2.75, 3.05) is 6.54 Å². The van der Waals surface area contributed by atoms with Crippen LogP contribution in [0.4, 0.5) is 0 Å². The molecule has 114 valence electrons. The van der Waals surface area contributed by atoms with E-state index in [9.17, 15) is 14.2 Å². The Labute approximate surface area is 153 Å². The second-order valence-electron chi connectivity index (χ2n) is 2.75. The number of aliphatic hydroxyl groups is 1. The van der Waals surface area contributed by atoms with Gasteiger partial charge in [0.15, 0.2) is 0 Å². The molecular weight excluding hydrogens is 330 g/mol. The SMILES string of the molecule is NCCCC(O)(P(=O)(O)O)P(=O)(O)O.O.O.O.[NaH].[NaH]. The van der Waals surface area contributed by atoms with Gasteiger partial charge in [0.25, 0.3) is 5.08 Å². The van der Waals surface area contributed by atoms with E-state index >= 15 is 0 Å². The third-order valence-corrected chi connectivity index (χ3v) is 5.53. The van der Waals surface area contributed by atoms with Crippen LogP contribution in [0.5, 0.6) is 0 Å². The minimum atomic E-state index is -5.30. The summed E-state index contributed by atoms with van der Waals surface area (Å²) in [5.74, 6) is 0. The van der Waals surface area contributed by atoms with Gasteiger partial charge in [0.05, 0.1) is 0 Å². The summed E-state index contributed by atoms with van der Waals surface area (Å²) in [6.45, 7) is -0.0394. The van der Waals surface area contributed by atoms with Crippen molar-refractivity contribution in [2.45, 2.75) is 17.9 Å². The van der Waals surface area contributed by atoms with Crippen LogP contribution >= 0.6 is 15.2 Å². The zero-order chi connectivity index (χ0) is 11.6. The summed E-state index contributed by atoms with van der Waals surface area (Å²) in [5, 5.41) is 5.91. The predicted molar refractivity (Wildman–Crippen MR) is 72.5 cm³/mol. The molecule has 0 aliphatic heterocycles. The van der Waals surface area contributed by atoms with Crippen LogP contribution in [-0.4, -0.2) is 112 Å². The van der Waals surface area contributed by atoms with Gasteiger partial charge < -0.3 is 46.8 Å². The zero-order valence-electron chi connectivity index (χ0n) is 8.65. The van der Waals surface area contributed by atoms with E-state index in [1.807, 2.05) is 0 Å². The quantitative estimate of drug-likeness (QED) is 0.206. The molecule has 0 atom stereocenters. The number of nitrogens with two attached hydrogens (primary N) is 1. The van der Waals surface area contributed by atoms with Crippen molar-refractivity contribution in [1.29, 1.82) is 0 Å². The Morgan fingerprint density at radius 3 is 1.32 bits per heavy atom. The molecule has 0 aromatic carbocycles. The Bertz CT molecular complexity index is 269. The van der Waals surface area contributed by atoms with Crippen molar-refractivity contribution in [1.82, 2.24) is 0 Å². The van der Waals surface area contributed by atoms with Crippen LogP contribution in [0, 0.1) is 0 Å². The summed E-state index contributed by atoms with van der Waals surface area (Å²) in [5.41, 5.74) is 5.01. The molecule has 0 amide bonds. The first-order chi connectivity index (χ1) is 6.06. The molecule has 0 radical (unpaired) electrons. The molecule has 0 saturated heterocycles. The van der Waals surface area contributed by atoms with Gasteiger partial charge >= 0.3 is 74.3 Å². The van der Waals surface area contributed by atoms with Gasteiger partial charge in [-0.15, -0.1) is 0 Å². The molecule has 0 aromatic rings. The minimum absolute atomic E-state index is 0. The molecule has 0 aliphatic rings. The van der Waals surface area contributed by atoms with Crippen molar-refractivity contribution in [3.05, 3.63) is 0 Å². The Morgan fingerprint density at radius 1 is 0.895 bits per heavy atom. The third-order valence-electron chi connectivity index (χ3n) is 1.65. The van der Waals surface area contributed by atoms with Gasteiger partial charge in [0, 0.05) is 6.42 Å². The Balaban J connectivity index is -0.0000000845. The monoisotopic (exact) mass is 351 g/mol. The van der Waals surface area contributed by atoms with E-state index in [4.69, 9.17) is 25.3 Å². The molecule has 0 rings (SSSR count). The number of rotatable bonds is 5. The maximum atomic E-state index is 10.7. The Hall–Kier alpha value is 2.10. The number of hydrogen-bond donors (Lipinski definition) is 6. The first-order valence-electron chi connectivity index (χ1n) is 3.60. The maximum absolute atomic E-state index is 10.7. The fourth-order valence-corrected chi connectivity index (χ4v) is 3.06. The standard InChI is InChI=1S/C4H13NO7P2.2Na.3H2O.2H/c5-3-1-2-4(6,13(7,8)9)14(10,11)12;;;;;;;/h6H,1-3,5H2,(H2,7,8,9)(H2,10,11,12);;;3*1H2;;. The predicted octanol–water partition coefficient (Wildman–Crippen LogP) is -5.04. The molecule has 11 nitrogen and oxygen atoms in total. The van der Waals surface area contributed by atoms with Gasteiger partial charge in [-0.25, -0.2) is 0 Å². The van der Waals surface area contributed by atoms with E-state index in [0.717, 1.165) is 0 Å². The van der Waals surface area contributed by atoms with Gasteiger partial charge in [0.2, 0.25) is 0 Å². The van der Waals surface area contributed by atoms with Gasteiger partial charge in [-0.1, -0.05) is 0 Å². The van der Waals surface area contributed by atoms with Crippen LogP contribution in [0.15, 0.2) is 0 Å². The van der Waals surface area contributed by atoms with E-state index in [2.05, 4.69) is 0 Å². The summed E-state index contributed by atoms with van der Waals surface area (Å²) >= 11 is 0. The van der Waals surface area contributed by atoms with E-state index in [1.54, 1.807) is 0 Å².